The minimum atomic E-state index is -0.136. The molecule has 0 unspecified atom stereocenters. The summed E-state index contributed by atoms with van der Waals surface area (Å²) in [5, 5.41) is 12.6. The molecule has 0 aliphatic heterocycles. The van der Waals surface area contributed by atoms with Gasteiger partial charge in [-0.1, -0.05) is 19.9 Å². The molecule has 96 valence electrons. The van der Waals surface area contributed by atoms with Gasteiger partial charge in [0.2, 0.25) is 0 Å². The van der Waals surface area contributed by atoms with Gasteiger partial charge in [0.15, 0.2) is 0 Å². The third-order valence-corrected chi connectivity index (χ3v) is 2.81. The topological polar surface area (TPSA) is 41.5 Å². The van der Waals surface area contributed by atoms with Crippen LogP contribution in [0.2, 0.25) is 0 Å². The van der Waals surface area contributed by atoms with Crippen molar-refractivity contribution in [1.82, 2.24) is 0 Å². The van der Waals surface area contributed by atoms with E-state index in [-0.39, 0.29) is 12.0 Å². The molecule has 1 aromatic carbocycles. The smallest absolute Gasteiger partial charge is 0.144 e. The average Bonchev–Trinajstić information content (AvgIpc) is 2.26. The summed E-state index contributed by atoms with van der Waals surface area (Å²) in [6.07, 6.45) is 0. The maximum Gasteiger partial charge on any atom is 0.144 e. The van der Waals surface area contributed by atoms with Crippen LogP contribution in [0.3, 0.4) is 0 Å². The maximum absolute atomic E-state index is 9.24. The number of aliphatic hydroxyl groups is 1. The normalized spacial score (nSPS) is 11.4. The molecule has 3 heteroatoms. The molecule has 1 aromatic rings. The van der Waals surface area contributed by atoms with Gasteiger partial charge < -0.3 is 15.2 Å². The number of hydrogen-bond donors (Lipinski definition) is 2. The van der Waals surface area contributed by atoms with Crippen LogP contribution in [0.25, 0.3) is 0 Å². The first kappa shape index (κ1) is 13.8. The van der Waals surface area contributed by atoms with Crippen LogP contribution in [-0.4, -0.2) is 25.4 Å². The predicted octanol–water partition coefficient (Wildman–Crippen LogP) is 2.74. The molecule has 0 atom stereocenters. The van der Waals surface area contributed by atoms with Crippen LogP contribution in [0.5, 0.6) is 5.75 Å². The molecular formula is C14H23NO2. The molecule has 0 bridgehead atoms. The van der Waals surface area contributed by atoms with Gasteiger partial charge in [-0.3, -0.25) is 0 Å². The Morgan fingerprint density at radius 1 is 1.29 bits per heavy atom. The second-order valence-corrected chi connectivity index (χ2v) is 5.34. The average molecular weight is 237 g/mol. The summed E-state index contributed by atoms with van der Waals surface area (Å²) in [5.41, 5.74) is 3.18. The predicted molar refractivity (Wildman–Crippen MR) is 71.8 cm³/mol. The van der Waals surface area contributed by atoms with Crippen LogP contribution in [0.1, 0.15) is 25.0 Å². The second-order valence-electron chi connectivity index (χ2n) is 5.34. The van der Waals surface area contributed by atoms with Crippen molar-refractivity contribution in [1.29, 1.82) is 0 Å². The molecule has 0 aliphatic rings. The third kappa shape index (κ3) is 3.63. The van der Waals surface area contributed by atoms with Gasteiger partial charge in [0, 0.05) is 18.6 Å². The van der Waals surface area contributed by atoms with E-state index in [4.69, 9.17) is 4.74 Å². The van der Waals surface area contributed by atoms with E-state index < -0.39 is 0 Å². The minimum Gasteiger partial charge on any atom is -0.494 e. The van der Waals surface area contributed by atoms with Crippen LogP contribution in [0.15, 0.2) is 12.1 Å². The number of benzene rings is 1. The summed E-state index contributed by atoms with van der Waals surface area (Å²) in [7, 11) is 1.68. The standard InChI is InChI=1S/C14H23NO2/c1-10-6-11(2)13(17-5)12(7-10)15-8-14(3,4)9-16/h6-7,15-16H,8-9H2,1-5H3. The van der Waals surface area contributed by atoms with Crippen molar-refractivity contribution < 1.29 is 9.84 Å². The molecule has 0 spiro atoms. The lowest BCUT2D eigenvalue weighted by atomic mass is 9.95. The van der Waals surface area contributed by atoms with Gasteiger partial charge in [-0.15, -0.1) is 0 Å². The minimum absolute atomic E-state index is 0.136. The second kappa shape index (κ2) is 5.41. The van der Waals surface area contributed by atoms with E-state index in [9.17, 15) is 5.11 Å². The zero-order valence-corrected chi connectivity index (χ0v) is 11.4. The summed E-state index contributed by atoms with van der Waals surface area (Å²) in [4.78, 5) is 0. The number of rotatable bonds is 5. The lowest BCUT2D eigenvalue weighted by Crippen LogP contribution is -2.27. The molecule has 0 aliphatic carbocycles. The summed E-state index contributed by atoms with van der Waals surface area (Å²) < 4.78 is 5.40. The lowest BCUT2D eigenvalue weighted by Gasteiger charge is -2.24. The van der Waals surface area contributed by atoms with Crippen molar-refractivity contribution in [2.45, 2.75) is 27.7 Å². The summed E-state index contributed by atoms with van der Waals surface area (Å²) in [6, 6.07) is 4.17. The van der Waals surface area contributed by atoms with E-state index in [1.807, 2.05) is 20.8 Å². The van der Waals surface area contributed by atoms with E-state index in [1.165, 1.54) is 5.56 Å². The fraction of sp³-hybridized carbons (Fsp3) is 0.571. The first-order valence-corrected chi connectivity index (χ1v) is 5.89. The number of nitrogens with one attached hydrogen (secondary N) is 1. The molecule has 17 heavy (non-hydrogen) atoms. The molecule has 2 N–H and O–H groups in total. The number of aryl methyl sites for hydroxylation is 2. The number of hydrogen-bond acceptors (Lipinski definition) is 3. The maximum atomic E-state index is 9.24. The number of ether oxygens (including phenoxy) is 1. The SMILES string of the molecule is COc1c(C)cc(C)cc1NCC(C)(C)CO. The Kier molecular flexibility index (Phi) is 4.40. The summed E-state index contributed by atoms with van der Waals surface area (Å²) >= 11 is 0. The van der Waals surface area contributed by atoms with E-state index in [0.29, 0.717) is 6.54 Å². The molecule has 0 amide bonds. The zero-order chi connectivity index (χ0) is 13.1. The molecule has 0 radical (unpaired) electrons. The Balaban J connectivity index is 2.90. The highest BCUT2D eigenvalue weighted by molar-refractivity contribution is 5.61. The molecule has 0 fully saturated rings. The van der Waals surface area contributed by atoms with Crippen molar-refractivity contribution in [3.8, 4) is 5.75 Å². The Hall–Kier alpha value is -1.22. The fourth-order valence-corrected chi connectivity index (χ4v) is 1.75. The first-order valence-electron chi connectivity index (χ1n) is 5.89. The van der Waals surface area contributed by atoms with Gasteiger partial charge >= 0.3 is 0 Å². The molecule has 0 aromatic heterocycles. The van der Waals surface area contributed by atoms with E-state index in [1.54, 1.807) is 7.11 Å². The highest BCUT2D eigenvalue weighted by Crippen LogP contribution is 2.30. The molecule has 0 saturated carbocycles. The van der Waals surface area contributed by atoms with Gasteiger partial charge in [-0.05, 0) is 31.0 Å². The first-order chi connectivity index (χ1) is 7.89. The summed E-state index contributed by atoms with van der Waals surface area (Å²) in [5.74, 6) is 0.879. The zero-order valence-electron chi connectivity index (χ0n) is 11.4. The molecule has 1 rings (SSSR count). The largest absolute Gasteiger partial charge is 0.494 e. The number of aliphatic hydroxyl groups excluding tert-OH is 1. The van der Waals surface area contributed by atoms with Crippen LogP contribution in [0, 0.1) is 19.3 Å². The Morgan fingerprint density at radius 2 is 1.94 bits per heavy atom. The fourth-order valence-electron chi connectivity index (χ4n) is 1.75. The van der Waals surface area contributed by atoms with Gasteiger partial charge in [0.25, 0.3) is 0 Å². The van der Waals surface area contributed by atoms with E-state index >= 15 is 0 Å². The van der Waals surface area contributed by atoms with E-state index in [0.717, 1.165) is 17.0 Å². The molecule has 0 heterocycles. The Bertz CT molecular complexity index is 386. The van der Waals surface area contributed by atoms with Crippen LogP contribution in [-0.2, 0) is 0 Å². The number of anilines is 1. The highest BCUT2D eigenvalue weighted by atomic mass is 16.5. The van der Waals surface area contributed by atoms with Gasteiger partial charge in [0.05, 0.1) is 12.8 Å². The number of methoxy groups -OCH3 is 1. The highest BCUT2D eigenvalue weighted by Gasteiger charge is 2.17. The van der Waals surface area contributed by atoms with E-state index in [2.05, 4.69) is 24.4 Å². The molecular weight excluding hydrogens is 214 g/mol. The van der Waals surface area contributed by atoms with Crippen molar-refractivity contribution in [3.63, 3.8) is 0 Å². The van der Waals surface area contributed by atoms with Crippen LogP contribution in [0.4, 0.5) is 5.69 Å². The molecule has 0 saturated heterocycles. The van der Waals surface area contributed by atoms with Crippen LogP contribution < -0.4 is 10.1 Å². The van der Waals surface area contributed by atoms with Crippen molar-refractivity contribution in [2.75, 3.05) is 25.6 Å². The van der Waals surface area contributed by atoms with Crippen LogP contribution >= 0.6 is 0 Å². The monoisotopic (exact) mass is 237 g/mol. The third-order valence-electron chi connectivity index (χ3n) is 2.81. The van der Waals surface area contributed by atoms with Crippen molar-refractivity contribution in [2.24, 2.45) is 5.41 Å². The lowest BCUT2D eigenvalue weighted by molar-refractivity contribution is 0.170. The van der Waals surface area contributed by atoms with Gasteiger partial charge in [0.1, 0.15) is 5.75 Å². The van der Waals surface area contributed by atoms with Gasteiger partial charge in [-0.2, -0.15) is 0 Å². The van der Waals surface area contributed by atoms with Gasteiger partial charge in [-0.25, -0.2) is 0 Å². The Morgan fingerprint density at radius 3 is 2.47 bits per heavy atom. The molecule has 3 nitrogen and oxygen atoms in total. The summed E-state index contributed by atoms with van der Waals surface area (Å²) in [6.45, 7) is 9.02. The Labute approximate surface area is 104 Å². The van der Waals surface area contributed by atoms with Crippen molar-refractivity contribution in [3.05, 3.63) is 23.3 Å². The van der Waals surface area contributed by atoms with Crippen molar-refractivity contribution >= 4 is 5.69 Å². The quantitative estimate of drug-likeness (QED) is 0.827.